The van der Waals surface area contributed by atoms with E-state index in [1.807, 2.05) is 84.1 Å². The maximum absolute atomic E-state index is 6.41. The Morgan fingerprint density at radius 1 is 0.545 bits per heavy atom. The number of nitrogens with zero attached hydrogens (tertiary/aromatic N) is 3. The second kappa shape index (κ2) is 10.7. The first-order valence-electron chi connectivity index (χ1n) is 14.7. The minimum atomic E-state index is 0.613. The summed E-state index contributed by atoms with van der Waals surface area (Å²) in [4.78, 5) is 14.9. The van der Waals surface area contributed by atoms with E-state index in [9.17, 15) is 0 Å². The Morgan fingerprint density at radius 2 is 1.20 bits per heavy atom. The number of rotatable bonds is 4. The molecule has 0 aliphatic carbocycles. The van der Waals surface area contributed by atoms with Crippen molar-refractivity contribution in [1.29, 1.82) is 0 Å². The maximum Gasteiger partial charge on any atom is 0.164 e. The first-order chi connectivity index (χ1) is 21.7. The van der Waals surface area contributed by atoms with Crippen molar-refractivity contribution in [3.63, 3.8) is 0 Å². The molecular formula is C39H27N3OS. The summed E-state index contributed by atoms with van der Waals surface area (Å²) in [6.45, 7) is 4.22. The molecule has 4 nitrogen and oxygen atoms in total. The van der Waals surface area contributed by atoms with E-state index in [0.717, 1.165) is 44.2 Å². The monoisotopic (exact) mass is 585 g/mol. The molecule has 0 unspecified atom stereocenters. The lowest BCUT2D eigenvalue weighted by Crippen LogP contribution is -2.17. The summed E-state index contributed by atoms with van der Waals surface area (Å²) in [5.41, 5.74) is 6.79. The topological polar surface area (TPSA) is 51.8 Å². The van der Waals surface area contributed by atoms with Crippen LogP contribution in [0, 0.1) is 0 Å². The molecule has 0 aliphatic heterocycles. The van der Waals surface area contributed by atoms with E-state index in [0.29, 0.717) is 17.5 Å². The van der Waals surface area contributed by atoms with Gasteiger partial charge in [-0.05, 0) is 54.5 Å². The van der Waals surface area contributed by atoms with Gasteiger partial charge in [0.1, 0.15) is 11.2 Å². The van der Waals surface area contributed by atoms with Gasteiger partial charge in [-0.3, -0.25) is 0 Å². The fourth-order valence-corrected chi connectivity index (χ4v) is 7.20. The van der Waals surface area contributed by atoms with E-state index in [4.69, 9.17) is 19.4 Å². The Kier molecular flexibility index (Phi) is 6.39. The molecule has 5 aromatic carbocycles. The predicted octanol–water partition coefficient (Wildman–Crippen LogP) is 9.25. The Labute approximate surface area is 258 Å². The highest BCUT2D eigenvalue weighted by Crippen LogP contribution is 2.39. The fraction of sp³-hybridized carbons (Fsp3) is 0.0513. The second-order valence-corrected chi connectivity index (χ2v) is 11.7. The number of fused-ring (bicyclic) bond motifs is 4. The third kappa shape index (κ3) is 4.32. The normalized spacial score (nSPS) is 12.6. The van der Waals surface area contributed by atoms with Crippen LogP contribution in [-0.4, -0.2) is 15.0 Å². The summed E-state index contributed by atoms with van der Waals surface area (Å²) >= 11 is 1.84. The number of aromatic nitrogens is 3. The average molecular weight is 586 g/mol. The molecule has 3 aromatic heterocycles. The molecule has 0 N–H and O–H groups in total. The van der Waals surface area contributed by atoms with Gasteiger partial charge in [-0.15, -0.1) is 11.3 Å². The third-order valence-corrected chi connectivity index (χ3v) is 9.31. The van der Waals surface area contributed by atoms with Crippen molar-refractivity contribution in [2.75, 3.05) is 0 Å². The summed E-state index contributed by atoms with van der Waals surface area (Å²) < 4.78 is 8.99. The van der Waals surface area contributed by atoms with E-state index in [2.05, 4.69) is 68.5 Å². The first-order valence-corrected chi connectivity index (χ1v) is 15.5. The van der Waals surface area contributed by atoms with Crippen LogP contribution >= 0.6 is 11.3 Å². The molecule has 0 fully saturated rings. The van der Waals surface area contributed by atoms with E-state index in [1.54, 1.807) is 0 Å². The Hall–Kier alpha value is -5.39. The number of furan rings is 1. The maximum atomic E-state index is 6.41. The number of benzene rings is 5. The van der Waals surface area contributed by atoms with E-state index in [-0.39, 0.29) is 0 Å². The van der Waals surface area contributed by atoms with Gasteiger partial charge < -0.3 is 4.42 Å². The third-order valence-electron chi connectivity index (χ3n) is 8.08. The molecule has 0 saturated carbocycles. The molecule has 0 aliphatic rings. The molecule has 0 saturated heterocycles. The zero-order valence-corrected chi connectivity index (χ0v) is 25.1. The van der Waals surface area contributed by atoms with Crippen LogP contribution in [0.4, 0.5) is 0 Å². The van der Waals surface area contributed by atoms with Crippen LogP contribution in [0.25, 0.3) is 89.5 Å². The molecule has 0 amide bonds. The van der Waals surface area contributed by atoms with Gasteiger partial charge in [0.05, 0.1) is 0 Å². The summed E-state index contributed by atoms with van der Waals surface area (Å²) in [5, 5.41) is 4.61. The molecule has 0 atom stereocenters. The summed E-state index contributed by atoms with van der Waals surface area (Å²) in [6, 6.07) is 39.3. The first kappa shape index (κ1) is 26.3. The Bertz CT molecular complexity index is 2400. The van der Waals surface area contributed by atoms with E-state index < -0.39 is 0 Å². The molecule has 210 valence electrons. The van der Waals surface area contributed by atoms with Gasteiger partial charge in [0, 0.05) is 42.1 Å². The van der Waals surface area contributed by atoms with Crippen molar-refractivity contribution < 1.29 is 4.42 Å². The molecular weight excluding hydrogens is 559 g/mol. The SMILES string of the molecule is C/C=c1\c(=C/C)sc2cccc(-c3ccc4oc5cccc(-c6nc(-c7ccccc7)nc(-c7ccccc7)n6)c5c4c3)c12. The van der Waals surface area contributed by atoms with Crippen LogP contribution in [0.15, 0.2) is 120 Å². The van der Waals surface area contributed by atoms with Crippen molar-refractivity contribution in [1.82, 2.24) is 15.0 Å². The van der Waals surface area contributed by atoms with Crippen molar-refractivity contribution in [3.8, 4) is 45.3 Å². The van der Waals surface area contributed by atoms with Gasteiger partial charge in [-0.1, -0.05) is 103 Å². The van der Waals surface area contributed by atoms with Crippen LogP contribution in [0.1, 0.15) is 13.8 Å². The van der Waals surface area contributed by atoms with Crippen molar-refractivity contribution >= 4 is 55.5 Å². The largest absolute Gasteiger partial charge is 0.456 e. The number of hydrogen-bond donors (Lipinski definition) is 0. The minimum Gasteiger partial charge on any atom is -0.456 e. The molecule has 0 bridgehead atoms. The second-order valence-electron chi connectivity index (χ2n) is 10.7. The Morgan fingerprint density at radius 3 is 1.89 bits per heavy atom. The lowest BCUT2D eigenvalue weighted by molar-refractivity contribution is 0.669. The summed E-state index contributed by atoms with van der Waals surface area (Å²) in [6.07, 6.45) is 4.42. The van der Waals surface area contributed by atoms with Crippen LogP contribution < -0.4 is 9.75 Å². The lowest BCUT2D eigenvalue weighted by Gasteiger charge is -2.09. The molecule has 3 heterocycles. The zero-order chi connectivity index (χ0) is 29.6. The summed E-state index contributed by atoms with van der Waals surface area (Å²) in [7, 11) is 0. The van der Waals surface area contributed by atoms with Crippen molar-refractivity contribution in [3.05, 3.63) is 125 Å². The molecule has 8 aromatic rings. The van der Waals surface area contributed by atoms with Gasteiger partial charge in [0.25, 0.3) is 0 Å². The van der Waals surface area contributed by atoms with Crippen molar-refractivity contribution in [2.45, 2.75) is 13.8 Å². The fourth-order valence-electron chi connectivity index (χ4n) is 6.04. The van der Waals surface area contributed by atoms with Gasteiger partial charge in [0.15, 0.2) is 17.5 Å². The van der Waals surface area contributed by atoms with Crippen LogP contribution in [0.3, 0.4) is 0 Å². The van der Waals surface area contributed by atoms with Crippen LogP contribution in [-0.2, 0) is 0 Å². The number of hydrogen-bond acceptors (Lipinski definition) is 5. The van der Waals surface area contributed by atoms with Crippen LogP contribution in [0.5, 0.6) is 0 Å². The van der Waals surface area contributed by atoms with Crippen LogP contribution in [0.2, 0.25) is 0 Å². The van der Waals surface area contributed by atoms with Gasteiger partial charge >= 0.3 is 0 Å². The smallest absolute Gasteiger partial charge is 0.164 e. The average Bonchev–Trinajstić information content (AvgIpc) is 3.66. The molecule has 8 rings (SSSR count). The van der Waals surface area contributed by atoms with Crippen molar-refractivity contribution in [2.24, 2.45) is 0 Å². The Balaban J connectivity index is 1.39. The highest BCUT2D eigenvalue weighted by molar-refractivity contribution is 7.17. The van der Waals surface area contributed by atoms with E-state index >= 15 is 0 Å². The number of thiophene rings is 1. The quantitative estimate of drug-likeness (QED) is 0.207. The zero-order valence-electron chi connectivity index (χ0n) is 24.3. The van der Waals surface area contributed by atoms with Gasteiger partial charge in [-0.2, -0.15) is 0 Å². The van der Waals surface area contributed by atoms with Gasteiger partial charge in [0.2, 0.25) is 0 Å². The minimum absolute atomic E-state index is 0.613. The summed E-state index contributed by atoms with van der Waals surface area (Å²) in [5.74, 6) is 1.88. The molecule has 0 spiro atoms. The van der Waals surface area contributed by atoms with E-state index in [1.165, 1.54) is 25.4 Å². The highest BCUT2D eigenvalue weighted by Gasteiger charge is 2.19. The lowest BCUT2D eigenvalue weighted by atomic mass is 9.97. The molecule has 44 heavy (non-hydrogen) atoms. The standard InChI is InChI=1S/C39H27N3OS/c1-3-27-33(4-2)44-34-20-12-17-28(36(27)34)26-21-22-31-30(23-26)35-29(18-11-19-32(35)43-31)39-41-37(24-13-7-5-8-14-24)40-38(42-39)25-15-9-6-10-16-25/h3-23H,1-2H3/b27-3+,33-4+. The molecule has 5 heteroatoms. The molecule has 0 radical (unpaired) electrons. The highest BCUT2D eigenvalue weighted by atomic mass is 32.1. The van der Waals surface area contributed by atoms with Gasteiger partial charge in [-0.25, -0.2) is 15.0 Å². The predicted molar refractivity (Wildman–Crippen MR) is 184 cm³/mol.